The third-order valence-electron chi connectivity index (χ3n) is 5.97. The number of β-amino-alcohol motifs (C(OH)–C–C–N with tert-alkyl or cyclic N) is 1. The Hall–Kier alpha value is -1.95. The van der Waals surface area contributed by atoms with E-state index in [0.29, 0.717) is 26.0 Å². The first-order chi connectivity index (χ1) is 14.2. The van der Waals surface area contributed by atoms with Crippen molar-refractivity contribution in [1.82, 2.24) is 9.80 Å². The van der Waals surface area contributed by atoms with Crippen LogP contribution in [0.1, 0.15) is 29.5 Å². The van der Waals surface area contributed by atoms with E-state index in [9.17, 15) is 9.50 Å². The molecule has 29 heavy (non-hydrogen) atoms. The Bertz CT molecular complexity index is 775. The van der Waals surface area contributed by atoms with Crippen LogP contribution in [-0.4, -0.2) is 60.0 Å². The van der Waals surface area contributed by atoms with E-state index in [1.165, 1.54) is 16.7 Å². The number of likely N-dealkylation sites (tertiary alicyclic amines) is 1. The highest BCUT2D eigenvalue weighted by Gasteiger charge is 2.19. The van der Waals surface area contributed by atoms with Gasteiger partial charge in [-0.05, 0) is 48.1 Å². The summed E-state index contributed by atoms with van der Waals surface area (Å²) in [5, 5.41) is 10.4. The smallest absolute Gasteiger partial charge is 0.119 e. The molecule has 2 heterocycles. The molecular weight excluding hydrogens is 367 g/mol. The van der Waals surface area contributed by atoms with Crippen LogP contribution in [0, 0.1) is 0 Å². The maximum Gasteiger partial charge on any atom is 0.119 e. The van der Waals surface area contributed by atoms with Gasteiger partial charge < -0.3 is 9.84 Å². The van der Waals surface area contributed by atoms with E-state index in [1.807, 2.05) is 12.1 Å². The number of hydrogen-bond acceptors (Lipinski definition) is 4. The van der Waals surface area contributed by atoms with Gasteiger partial charge in [0.1, 0.15) is 24.6 Å². The van der Waals surface area contributed by atoms with Gasteiger partial charge in [-0.1, -0.05) is 36.4 Å². The third kappa shape index (κ3) is 5.78. The van der Waals surface area contributed by atoms with E-state index < -0.39 is 12.3 Å². The van der Waals surface area contributed by atoms with E-state index in [2.05, 4.69) is 46.2 Å². The Morgan fingerprint density at radius 3 is 2.45 bits per heavy atom. The number of ether oxygens (including phenoxy) is 1. The number of rotatable bonds is 7. The van der Waals surface area contributed by atoms with Crippen molar-refractivity contribution >= 4 is 0 Å². The molecule has 4 nitrogen and oxygen atoms in total. The molecule has 1 saturated heterocycles. The maximum atomic E-state index is 13.2. The molecule has 0 radical (unpaired) electrons. The van der Waals surface area contributed by atoms with E-state index >= 15 is 0 Å². The van der Waals surface area contributed by atoms with Crippen molar-refractivity contribution in [2.45, 2.75) is 44.6 Å². The molecular formula is C24H31FN2O2. The second-order valence-electron chi connectivity index (χ2n) is 8.31. The van der Waals surface area contributed by atoms with Crippen LogP contribution in [0.2, 0.25) is 0 Å². The Morgan fingerprint density at radius 2 is 1.69 bits per heavy atom. The minimum atomic E-state index is -0.631. The monoisotopic (exact) mass is 398 g/mol. The van der Waals surface area contributed by atoms with E-state index in [0.717, 1.165) is 44.9 Å². The van der Waals surface area contributed by atoms with Crippen molar-refractivity contribution < 1.29 is 14.2 Å². The second-order valence-corrected chi connectivity index (χ2v) is 8.31. The van der Waals surface area contributed by atoms with Crippen molar-refractivity contribution in [1.29, 1.82) is 0 Å². The van der Waals surface area contributed by atoms with Gasteiger partial charge in [-0.25, -0.2) is 4.39 Å². The van der Waals surface area contributed by atoms with Gasteiger partial charge in [0.15, 0.2) is 0 Å². The van der Waals surface area contributed by atoms with Crippen molar-refractivity contribution in [3.8, 4) is 5.75 Å². The zero-order valence-corrected chi connectivity index (χ0v) is 17.0. The van der Waals surface area contributed by atoms with Crippen LogP contribution in [0.15, 0.2) is 48.5 Å². The Morgan fingerprint density at radius 1 is 0.966 bits per heavy atom. The number of benzene rings is 2. The molecule has 2 aromatic rings. The largest absolute Gasteiger partial charge is 0.491 e. The van der Waals surface area contributed by atoms with Gasteiger partial charge >= 0.3 is 0 Å². The molecule has 2 aliphatic rings. The molecule has 1 fully saturated rings. The molecule has 156 valence electrons. The van der Waals surface area contributed by atoms with Crippen LogP contribution in [0.3, 0.4) is 0 Å². The summed E-state index contributed by atoms with van der Waals surface area (Å²) >= 11 is 0. The van der Waals surface area contributed by atoms with Crippen LogP contribution in [0.5, 0.6) is 5.75 Å². The predicted octanol–water partition coefficient (Wildman–Crippen LogP) is 3.42. The number of halogens is 1. The van der Waals surface area contributed by atoms with Gasteiger partial charge in [0.05, 0.1) is 0 Å². The molecule has 1 N–H and O–H groups in total. The first kappa shape index (κ1) is 20.3. The first-order valence-electron chi connectivity index (χ1n) is 10.7. The molecule has 5 heteroatoms. The van der Waals surface area contributed by atoms with E-state index in [-0.39, 0.29) is 0 Å². The molecule has 0 saturated carbocycles. The number of nitrogens with zero attached hydrogens (tertiary/aromatic N) is 2. The lowest BCUT2D eigenvalue weighted by molar-refractivity contribution is 0.0637. The summed E-state index contributed by atoms with van der Waals surface area (Å²) < 4.78 is 19.0. The Labute approximate surface area is 172 Å². The number of aliphatic hydroxyl groups is 1. The van der Waals surface area contributed by atoms with E-state index in [4.69, 9.17) is 4.74 Å². The lowest BCUT2D eigenvalue weighted by atomic mass is 10.00. The van der Waals surface area contributed by atoms with Crippen molar-refractivity contribution in [2.24, 2.45) is 0 Å². The van der Waals surface area contributed by atoms with Crippen molar-refractivity contribution in [3.05, 3.63) is 65.2 Å². The van der Waals surface area contributed by atoms with Crippen LogP contribution in [0.4, 0.5) is 4.39 Å². The Balaban J connectivity index is 1.20. The summed E-state index contributed by atoms with van der Waals surface area (Å²) in [6.45, 7) is 5.29. The zero-order valence-electron chi connectivity index (χ0n) is 17.0. The first-order valence-corrected chi connectivity index (χ1v) is 10.7. The number of aliphatic hydroxyl groups excluding tert-OH is 1. The summed E-state index contributed by atoms with van der Waals surface area (Å²) in [6, 6.07) is 16.6. The number of alkyl halides is 1. The average molecular weight is 399 g/mol. The summed E-state index contributed by atoms with van der Waals surface area (Å²) in [7, 11) is 0. The minimum Gasteiger partial charge on any atom is -0.491 e. The fourth-order valence-corrected chi connectivity index (χ4v) is 4.26. The Kier molecular flexibility index (Phi) is 6.80. The SMILES string of the molecule is O[C@H](COc1ccc(CN2CCC(F)CC2)cc1)CN1CCc2ccccc2C1. The van der Waals surface area contributed by atoms with Gasteiger partial charge in [-0.15, -0.1) is 0 Å². The van der Waals surface area contributed by atoms with Crippen molar-refractivity contribution in [3.63, 3.8) is 0 Å². The molecule has 0 amide bonds. The molecule has 2 aromatic carbocycles. The highest BCUT2D eigenvalue weighted by molar-refractivity contribution is 5.29. The quantitative estimate of drug-likeness (QED) is 0.775. The average Bonchev–Trinajstić information content (AvgIpc) is 2.75. The molecule has 4 rings (SSSR count). The van der Waals surface area contributed by atoms with Crippen LogP contribution < -0.4 is 4.74 Å². The van der Waals surface area contributed by atoms with Crippen LogP contribution in [0.25, 0.3) is 0 Å². The standard InChI is InChI=1S/C24H31FN2O2/c25-22-10-13-26(14-11-22)15-19-5-7-24(8-6-19)29-18-23(28)17-27-12-9-20-3-1-2-4-21(20)16-27/h1-8,22-23,28H,9-18H2/t23-/m0/s1. The summed E-state index contributed by atoms with van der Waals surface area (Å²) in [6.07, 6.45) is 1.17. The van der Waals surface area contributed by atoms with Gasteiger partial charge in [0, 0.05) is 39.3 Å². The van der Waals surface area contributed by atoms with Gasteiger partial charge in [-0.2, -0.15) is 0 Å². The van der Waals surface area contributed by atoms with E-state index in [1.54, 1.807) is 0 Å². The number of fused-ring (bicyclic) bond motifs is 1. The molecule has 0 aromatic heterocycles. The molecule has 0 unspecified atom stereocenters. The van der Waals surface area contributed by atoms with Gasteiger partial charge in [-0.3, -0.25) is 9.80 Å². The molecule has 0 spiro atoms. The highest BCUT2D eigenvalue weighted by atomic mass is 19.1. The molecule has 0 bridgehead atoms. The highest BCUT2D eigenvalue weighted by Crippen LogP contribution is 2.20. The number of hydrogen-bond donors (Lipinski definition) is 1. The maximum absolute atomic E-state index is 13.2. The topological polar surface area (TPSA) is 35.9 Å². The van der Waals surface area contributed by atoms with Crippen LogP contribution >= 0.6 is 0 Å². The van der Waals surface area contributed by atoms with Crippen LogP contribution in [-0.2, 0) is 19.5 Å². The predicted molar refractivity (Wildman–Crippen MR) is 113 cm³/mol. The lowest BCUT2D eigenvalue weighted by Crippen LogP contribution is -2.38. The lowest BCUT2D eigenvalue weighted by Gasteiger charge is -2.30. The molecule has 1 atom stereocenters. The molecule has 0 aliphatic carbocycles. The fraction of sp³-hybridized carbons (Fsp3) is 0.500. The van der Waals surface area contributed by atoms with Crippen molar-refractivity contribution in [2.75, 3.05) is 32.8 Å². The summed E-state index contributed by atoms with van der Waals surface area (Å²) in [5.41, 5.74) is 3.99. The van der Waals surface area contributed by atoms with Gasteiger partial charge in [0.25, 0.3) is 0 Å². The second kappa shape index (κ2) is 9.70. The molecule has 2 aliphatic heterocycles. The number of piperidine rings is 1. The minimum absolute atomic E-state index is 0.293. The zero-order chi connectivity index (χ0) is 20.1. The third-order valence-corrected chi connectivity index (χ3v) is 5.97. The summed E-state index contributed by atoms with van der Waals surface area (Å²) in [4.78, 5) is 4.59. The fourth-order valence-electron chi connectivity index (χ4n) is 4.26. The normalized spacial score (nSPS) is 19.7. The summed E-state index contributed by atoms with van der Waals surface area (Å²) in [5.74, 6) is 0.777. The van der Waals surface area contributed by atoms with Gasteiger partial charge in [0.2, 0.25) is 0 Å².